The number of ether oxygens (including phenoxy) is 1. The number of carboxylic acid groups (broad SMARTS) is 1. The zero-order chi connectivity index (χ0) is 17.1. The van der Waals surface area contributed by atoms with E-state index < -0.39 is 35.0 Å². The molecule has 1 N–H and O–H groups in total. The molecule has 0 aliphatic rings. The first-order chi connectivity index (χ1) is 10.0. The first kappa shape index (κ1) is 17.6. The van der Waals surface area contributed by atoms with Crippen LogP contribution < -0.4 is 0 Å². The number of benzene rings is 1. The lowest BCUT2D eigenvalue weighted by molar-refractivity contribution is -0.159. The molecular formula is C16H18O6. The molecule has 0 aliphatic carbocycles. The van der Waals surface area contributed by atoms with Crippen LogP contribution in [-0.4, -0.2) is 34.2 Å². The van der Waals surface area contributed by atoms with Gasteiger partial charge in [0.25, 0.3) is 0 Å². The number of hydrogen-bond acceptors (Lipinski definition) is 5. The Balaban J connectivity index is 3.06. The van der Waals surface area contributed by atoms with E-state index in [-0.39, 0.29) is 11.1 Å². The predicted molar refractivity (Wildman–Crippen MR) is 77.7 cm³/mol. The third-order valence-electron chi connectivity index (χ3n) is 2.73. The number of esters is 1. The van der Waals surface area contributed by atoms with Crippen LogP contribution in [0.5, 0.6) is 0 Å². The molecule has 118 valence electrons. The van der Waals surface area contributed by atoms with Crippen molar-refractivity contribution in [2.45, 2.75) is 33.3 Å². The Morgan fingerprint density at radius 3 is 1.82 bits per heavy atom. The molecular weight excluding hydrogens is 288 g/mol. The summed E-state index contributed by atoms with van der Waals surface area (Å²) in [5.41, 5.74) is -0.734. The molecule has 1 aromatic carbocycles. The largest absolute Gasteiger partial charge is 0.478 e. The summed E-state index contributed by atoms with van der Waals surface area (Å²) in [5, 5.41) is 8.81. The van der Waals surface area contributed by atoms with Crippen molar-refractivity contribution in [2.75, 3.05) is 0 Å². The molecule has 0 fully saturated rings. The molecule has 0 bridgehead atoms. The van der Waals surface area contributed by atoms with E-state index in [1.807, 2.05) is 0 Å². The van der Waals surface area contributed by atoms with E-state index in [0.29, 0.717) is 0 Å². The fraction of sp³-hybridized carbons (Fsp3) is 0.375. The third kappa shape index (κ3) is 4.51. The fourth-order valence-electron chi connectivity index (χ4n) is 1.76. The van der Waals surface area contributed by atoms with Crippen LogP contribution in [0.25, 0.3) is 0 Å². The van der Waals surface area contributed by atoms with Gasteiger partial charge in [-0.1, -0.05) is 12.1 Å². The first-order valence-corrected chi connectivity index (χ1v) is 6.64. The number of carbonyl (C=O) groups excluding carboxylic acids is 3. The van der Waals surface area contributed by atoms with Gasteiger partial charge in [-0.15, -0.1) is 0 Å². The molecule has 0 aromatic heterocycles. The van der Waals surface area contributed by atoms with Crippen molar-refractivity contribution in [3.05, 3.63) is 35.4 Å². The number of hydrogen-bond donors (Lipinski definition) is 1. The highest BCUT2D eigenvalue weighted by Gasteiger charge is 2.35. The SMILES string of the molecule is CC(=O)C(C(=O)OC(C)(C)C)C(=O)c1ccc(C(=O)O)cc1. The summed E-state index contributed by atoms with van der Waals surface area (Å²) in [6.07, 6.45) is 0. The second-order valence-corrected chi connectivity index (χ2v) is 5.82. The minimum Gasteiger partial charge on any atom is -0.478 e. The zero-order valence-electron chi connectivity index (χ0n) is 12.9. The number of Topliss-reactive ketones (excluding diaryl/α,β-unsaturated/α-hetero) is 2. The fourth-order valence-corrected chi connectivity index (χ4v) is 1.76. The average Bonchev–Trinajstić information content (AvgIpc) is 2.36. The van der Waals surface area contributed by atoms with Crippen molar-refractivity contribution >= 4 is 23.5 Å². The van der Waals surface area contributed by atoms with Crippen LogP contribution in [0.3, 0.4) is 0 Å². The van der Waals surface area contributed by atoms with Crippen LogP contribution >= 0.6 is 0 Å². The minimum atomic E-state index is -1.55. The van der Waals surface area contributed by atoms with E-state index in [9.17, 15) is 19.2 Å². The highest BCUT2D eigenvalue weighted by molar-refractivity contribution is 6.22. The molecule has 0 spiro atoms. The van der Waals surface area contributed by atoms with E-state index in [2.05, 4.69) is 0 Å². The monoisotopic (exact) mass is 306 g/mol. The molecule has 6 nitrogen and oxygen atoms in total. The van der Waals surface area contributed by atoms with Crippen molar-refractivity contribution in [1.82, 2.24) is 0 Å². The van der Waals surface area contributed by atoms with Crippen molar-refractivity contribution in [3.8, 4) is 0 Å². The lowest BCUT2D eigenvalue weighted by atomic mass is 9.93. The van der Waals surface area contributed by atoms with Gasteiger partial charge in [0.2, 0.25) is 0 Å². The Bertz CT molecular complexity index is 607. The van der Waals surface area contributed by atoms with Gasteiger partial charge in [-0.3, -0.25) is 14.4 Å². The molecule has 1 atom stereocenters. The molecule has 1 unspecified atom stereocenters. The number of carboxylic acids is 1. The molecule has 0 saturated heterocycles. The number of carbonyl (C=O) groups is 4. The first-order valence-electron chi connectivity index (χ1n) is 6.64. The van der Waals surface area contributed by atoms with Gasteiger partial charge in [-0.05, 0) is 39.8 Å². The van der Waals surface area contributed by atoms with Crippen LogP contribution in [0, 0.1) is 5.92 Å². The van der Waals surface area contributed by atoms with Crippen molar-refractivity contribution in [1.29, 1.82) is 0 Å². The van der Waals surface area contributed by atoms with Crippen LogP contribution in [-0.2, 0) is 14.3 Å². The molecule has 6 heteroatoms. The van der Waals surface area contributed by atoms with Crippen molar-refractivity contribution in [3.63, 3.8) is 0 Å². The second kappa shape index (κ2) is 6.51. The minimum absolute atomic E-state index is 0.00759. The van der Waals surface area contributed by atoms with E-state index in [1.165, 1.54) is 24.3 Å². The van der Waals surface area contributed by atoms with Gasteiger partial charge in [0.15, 0.2) is 17.5 Å². The molecule has 0 amide bonds. The van der Waals surface area contributed by atoms with Gasteiger partial charge in [0.05, 0.1) is 5.56 Å². The lowest BCUT2D eigenvalue weighted by Gasteiger charge is -2.22. The van der Waals surface area contributed by atoms with Gasteiger partial charge >= 0.3 is 11.9 Å². The predicted octanol–water partition coefficient (Wildman–Crippen LogP) is 2.11. The van der Waals surface area contributed by atoms with E-state index >= 15 is 0 Å². The van der Waals surface area contributed by atoms with Crippen LogP contribution in [0.2, 0.25) is 0 Å². The maximum atomic E-state index is 12.3. The quantitative estimate of drug-likeness (QED) is 0.508. The van der Waals surface area contributed by atoms with Gasteiger partial charge in [0.1, 0.15) is 5.60 Å². The highest BCUT2D eigenvalue weighted by Crippen LogP contribution is 2.17. The Kier molecular flexibility index (Phi) is 5.19. The lowest BCUT2D eigenvalue weighted by Crippen LogP contribution is -2.36. The number of aromatic carboxylic acids is 1. The molecule has 0 heterocycles. The maximum Gasteiger partial charge on any atom is 0.335 e. The van der Waals surface area contributed by atoms with E-state index in [4.69, 9.17) is 9.84 Å². The number of ketones is 2. The van der Waals surface area contributed by atoms with Crippen LogP contribution in [0.1, 0.15) is 48.4 Å². The Morgan fingerprint density at radius 1 is 1.00 bits per heavy atom. The van der Waals surface area contributed by atoms with Gasteiger partial charge in [-0.25, -0.2) is 4.79 Å². The maximum absolute atomic E-state index is 12.3. The Hall–Kier alpha value is -2.50. The zero-order valence-corrected chi connectivity index (χ0v) is 12.9. The molecule has 1 aromatic rings. The van der Waals surface area contributed by atoms with Crippen LogP contribution in [0.15, 0.2) is 24.3 Å². The summed E-state index contributed by atoms with van der Waals surface area (Å²) in [6.45, 7) is 6.04. The van der Waals surface area contributed by atoms with Gasteiger partial charge < -0.3 is 9.84 Å². The molecule has 1 rings (SSSR count). The molecule has 0 radical (unpaired) electrons. The van der Waals surface area contributed by atoms with Gasteiger partial charge in [0, 0.05) is 5.56 Å². The van der Waals surface area contributed by atoms with Crippen LogP contribution in [0.4, 0.5) is 0 Å². The molecule has 0 saturated carbocycles. The smallest absolute Gasteiger partial charge is 0.335 e. The van der Waals surface area contributed by atoms with Crippen molar-refractivity contribution < 1.29 is 29.0 Å². The van der Waals surface area contributed by atoms with E-state index in [1.54, 1.807) is 20.8 Å². The van der Waals surface area contributed by atoms with Crippen molar-refractivity contribution in [2.24, 2.45) is 5.92 Å². The van der Waals surface area contributed by atoms with E-state index in [0.717, 1.165) is 6.92 Å². The summed E-state index contributed by atoms with van der Waals surface area (Å²) in [6, 6.07) is 5.02. The molecule has 22 heavy (non-hydrogen) atoms. The standard InChI is InChI=1S/C16H18O6/c1-9(17)12(15(21)22-16(2,3)4)13(18)10-5-7-11(8-6-10)14(19)20/h5-8,12H,1-4H3,(H,19,20). The summed E-state index contributed by atoms with van der Waals surface area (Å²) >= 11 is 0. The summed E-state index contributed by atoms with van der Waals surface area (Å²) in [7, 11) is 0. The second-order valence-electron chi connectivity index (χ2n) is 5.82. The van der Waals surface area contributed by atoms with Gasteiger partial charge in [-0.2, -0.15) is 0 Å². The summed E-state index contributed by atoms with van der Waals surface area (Å²) < 4.78 is 5.09. The molecule has 0 aliphatic heterocycles. The summed E-state index contributed by atoms with van der Waals surface area (Å²) in [4.78, 5) is 46.8. The number of rotatable bonds is 5. The topological polar surface area (TPSA) is 97.7 Å². The third-order valence-corrected chi connectivity index (χ3v) is 2.73. The summed E-state index contributed by atoms with van der Waals surface area (Å²) in [5.74, 6) is -4.92. The average molecular weight is 306 g/mol. The normalized spacial score (nSPS) is 12.4. The highest BCUT2D eigenvalue weighted by atomic mass is 16.6. The Labute approximate surface area is 128 Å². The Morgan fingerprint density at radius 2 is 1.45 bits per heavy atom.